The number of ether oxygens (including phenoxy) is 1. The summed E-state index contributed by atoms with van der Waals surface area (Å²) < 4.78 is 56.8. The molecule has 1 aromatic heterocycles. The van der Waals surface area contributed by atoms with Crippen molar-refractivity contribution in [2.75, 3.05) is 81.2 Å². The lowest BCUT2D eigenvalue weighted by atomic mass is 10.1. The number of hydrogen-bond donors (Lipinski definition) is 1. The van der Waals surface area contributed by atoms with E-state index in [0.29, 0.717) is 56.2 Å². The molecule has 11 nitrogen and oxygen atoms in total. The predicted octanol–water partition coefficient (Wildman–Crippen LogP) is 0.946. The molecule has 2 aromatic rings. The fraction of sp³-hybridized carbons (Fsp3) is 0.565. The maximum Gasteiger partial charge on any atom is 0.229 e. The minimum Gasteiger partial charge on any atom is -0.378 e. The Hall–Kier alpha value is -1.97. The van der Waals surface area contributed by atoms with Crippen molar-refractivity contribution in [1.82, 2.24) is 19.2 Å². The molecule has 4 heterocycles. The topological polar surface area (TPSA) is 125 Å². The lowest BCUT2D eigenvalue weighted by Crippen LogP contribution is -2.49. The quantitative estimate of drug-likeness (QED) is 0.516. The number of sulfonamides is 2. The zero-order chi connectivity index (χ0) is 26.2. The Morgan fingerprint density at radius 1 is 1.03 bits per heavy atom. The smallest absolute Gasteiger partial charge is 0.229 e. The van der Waals surface area contributed by atoms with E-state index in [-0.39, 0.29) is 0 Å². The molecule has 1 unspecified atom stereocenters. The first-order chi connectivity index (χ1) is 17.5. The first kappa shape index (κ1) is 26.6. The van der Waals surface area contributed by atoms with Crippen molar-refractivity contribution in [1.29, 1.82) is 0 Å². The molecule has 1 aromatic carbocycles. The molecule has 3 aliphatic heterocycles. The van der Waals surface area contributed by atoms with E-state index in [0.717, 1.165) is 54.3 Å². The van der Waals surface area contributed by atoms with Crippen molar-refractivity contribution in [3.8, 4) is 11.4 Å². The first-order valence-corrected chi connectivity index (χ1v) is 16.8. The van der Waals surface area contributed by atoms with Crippen LogP contribution >= 0.6 is 11.8 Å². The summed E-state index contributed by atoms with van der Waals surface area (Å²) in [6, 6.07) is 7.14. The van der Waals surface area contributed by atoms with Gasteiger partial charge in [0.25, 0.3) is 0 Å². The number of anilines is 2. The molecule has 1 atom stereocenters. The Labute approximate surface area is 222 Å². The number of nitrogens with zero attached hydrogens (tertiary/aromatic N) is 5. The Morgan fingerprint density at radius 3 is 2.43 bits per heavy atom. The summed E-state index contributed by atoms with van der Waals surface area (Å²) in [6.07, 6.45) is 3.18. The van der Waals surface area contributed by atoms with Gasteiger partial charge in [0, 0.05) is 68.7 Å². The number of aromatic nitrogens is 2. The summed E-state index contributed by atoms with van der Waals surface area (Å²) in [5, 5.41) is 0.294. The third-order valence-corrected chi connectivity index (χ3v) is 9.83. The molecule has 14 heteroatoms. The molecule has 37 heavy (non-hydrogen) atoms. The van der Waals surface area contributed by atoms with Crippen molar-refractivity contribution >= 4 is 43.3 Å². The lowest BCUT2D eigenvalue weighted by Gasteiger charge is -2.34. The maximum absolute atomic E-state index is 11.9. The summed E-state index contributed by atoms with van der Waals surface area (Å²) in [4.78, 5) is 15.6. The standard InChI is InChI=1S/C23H32N6O5S3/c1-36(30,31)26-18-5-3-4-17(14-18)22-24-20-15-19(16-27-6-8-29(9-7-27)37(2,32)33)35-21(20)23(25-22)28-10-12-34-13-11-28/h3-5,14,19,26H,6-13,15-16H2,1-2H3. The highest BCUT2D eigenvalue weighted by atomic mass is 32.2. The fourth-order valence-corrected chi connectivity index (χ4v) is 7.64. The summed E-state index contributed by atoms with van der Waals surface area (Å²) in [5.74, 6) is 1.47. The molecule has 0 spiro atoms. The summed E-state index contributed by atoms with van der Waals surface area (Å²) >= 11 is 1.80. The van der Waals surface area contributed by atoms with Crippen LogP contribution in [-0.2, 0) is 31.2 Å². The molecule has 2 fully saturated rings. The molecule has 2 saturated heterocycles. The largest absolute Gasteiger partial charge is 0.378 e. The van der Waals surface area contributed by atoms with E-state index in [1.165, 1.54) is 6.26 Å². The van der Waals surface area contributed by atoms with Crippen LogP contribution in [0.4, 0.5) is 11.5 Å². The van der Waals surface area contributed by atoms with E-state index in [1.807, 2.05) is 6.07 Å². The van der Waals surface area contributed by atoms with Gasteiger partial charge in [0.2, 0.25) is 20.0 Å². The van der Waals surface area contributed by atoms with Gasteiger partial charge in [-0.15, -0.1) is 11.8 Å². The number of hydrogen-bond acceptors (Lipinski definition) is 10. The van der Waals surface area contributed by atoms with E-state index >= 15 is 0 Å². The van der Waals surface area contributed by atoms with Crippen LogP contribution in [0.2, 0.25) is 0 Å². The average Bonchev–Trinajstić information content (AvgIpc) is 3.25. The number of fused-ring (bicyclic) bond motifs is 1. The molecule has 0 aliphatic carbocycles. The van der Waals surface area contributed by atoms with Gasteiger partial charge in [-0.3, -0.25) is 9.62 Å². The first-order valence-electron chi connectivity index (χ1n) is 12.2. The number of piperazine rings is 1. The van der Waals surface area contributed by atoms with Gasteiger partial charge in [-0.1, -0.05) is 12.1 Å². The van der Waals surface area contributed by atoms with Gasteiger partial charge in [0.15, 0.2) is 5.82 Å². The monoisotopic (exact) mass is 568 g/mol. The van der Waals surface area contributed by atoms with Crippen LogP contribution < -0.4 is 9.62 Å². The SMILES string of the molecule is CS(=O)(=O)Nc1cccc(-c2nc3c(c(N4CCOCC4)n2)SC(CN2CCN(S(C)(=O)=O)CC2)C3)c1. The number of thioether (sulfide) groups is 1. The number of morpholine rings is 1. The van der Waals surface area contributed by atoms with Crippen LogP contribution in [0.25, 0.3) is 11.4 Å². The van der Waals surface area contributed by atoms with Gasteiger partial charge in [-0.05, 0) is 12.1 Å². The maximum atomic E-state index is 11.9. The molecule has 0 amide bonds. The molecular weight excluding hydrogens is 536 g/mol. The van der Waals surface area contributed by atoms with Crippen LogP contribution in [0.15, 0.2) is 29.2 Å². The third kappa shape index (κ3) is 6.55. The summed E-state index contributed by atoms with van der Waals surface area (Å²) in [7, 11) is -6.55. The number of rotatable bonds is 7. The zero-order valence-electron chi connectivity index (χ0n) is 21.0. The molecule has 1 N–H and O–H groups in total. The fourth-order valence-electron chi connectivity index (χ4n) is 4.85. The number of nitrogens with one attached hydrogen (secondary N) is 1. The Kier molecular flexibility index (Phi) is 7.67. The van der Waals surface area contributed by atoms with Crippen LogP contribution in [-0.4, -0.2) is 113 Å². The van der Waals surface area contributed by atoms with Crippen molar-refractivity contribution in [3.05, 3.63) is 30.0 Å². The molecule has 3 aliphatic rings. The predicted molar refractivity (Wildman–Crippen MR) is 145 cm³/mol. The van der Waals surface area contributed by atoms with Crippen molar-refractivity contribution < 1.29 is 21.6 Å². The Balaban J connectivity index is 1.38. The lowest BCUT2D eigenvalue weighted by molar-refractivity contribution is 0.122. The molecule has 0 radical (unpaired) electrons. The minimum atomic E-state index is -3.40. The van der Waals surface area contributed by atoms with Crippen LogP contribution in [0.1, 0.15) is 5.69 Å². The third-order valence-electron chi connectivity index (χ3n) is 6.62. The van der Waals surface area contributed by atoms with Crippen LogP contribution in [0.3, 0.4) is 0 Å². The molecule has 0 bridgehead atoms. The zero-order valence-corrected chi connectivity index (χ0v) is 23.4. The molecule has 0 saturated carbocycles. The minimum absolute atomic E-state index is 0.294. The average molecular weight is 569 g/mol. The van der Waals surface area contributed by atoms with Crippen molar-refractivity contribution in [2.24, 2.45) is 0 Å². The second-order valence-electron chi connectivity index (χ2n) is 9.61. The van der Waals surface area contributed by atoms with Gasteiger partial charge in [-0.2, -0.15) is 4.31 Å². The van der Waals surface area contributed by atoms with Crippen molar-refractivity contribution in [3.63, 3.8) is 0 Å². The second kappa shape index (κ2) is 10.7. The molecule has 202 valence electrons. The van der Waals surface area contributed by atoms with Gasteiger partial charge < -0.3 is 9.64 Å². The molecule has 5 rings (SSSR count). The van der Waals surface area contributed by atoms with Gasteiger partial charge >= 0.3 is 0 Å². The van der Waals surface area contributed by atoms with E-state index in [9.17, 15) is 16.8 Å². The number of benzene rings is 1. The van der Waals surface area contributed by atoms with E-state index in [2.05, 4.69) is 14.5 Å². The van der Waals surface area contributed by atoms with Crippen LogP contribution in [0, 0.1) is 0 Å². The molecular formula is C23H32N6O5S3. The van der Waals surface area contributed by atoms with Gasteiger partial charge in [-0.25, -0.2) is 26.8 Å². The Morgan fingerprint density at radius 2 is 1.76 bits per heavy atom. The summed E-state index contributed by atoms with van der Waals surface area (Å²) in [6.45, 7) is 6.09. The van der Waals surface area contributed by atoms with Gasteiger partial charge in [0.05, 0.1) is 36.3 Å². The Bertz CT molecular complexity index is 1360. The highest BCUT2D eigenvalue weighted by molar-refractivity contribution is 8.00. The van der Waals surface area contributed by atoms with Crippen molar-refractivity contribution in [2.45, 2.75) is 16.6 Å². The normalized spacial score (nSPS) is 21.7. The van der Waals surface area contributed by atoms with E-state index < -0.39 is 20.0 Å². The van der Waals surface area contributed by atoms with E-state index in [4.69, 9.17) is 14.7 Å². The summed E-state index contributed by atoms with van der Waals surface area (Å²) in [5.41, 5.74) is 2.21. The second-order valence-corrected chi connectivity index (χ2v) is 14.6. The van der Waals surface area contributed by atoms with E-state index in [1.54, 1.807) is 34.3 Å². The highest BCUT2D eigenvalue weighted by Gasteiger charge is 2.33. The highest BCUT2D eigenvalue weighted by Crippen LogP contribution is 2.43. The van der Waals surface area contributed by atoms with Crippen LogP contribution in [0.5, 0.6) is 0 Å². The van der Waals surface area contributed by atoms with Gasteiger partial charge in [0.1, 0.15) is 5.82 Å².